The fourth-order valence-electron chi connectivity index (χ4n) is 1.87. The third kappa shape index (κ3) is 3.00. The van der Waals surface area contributed by atoms with Crippen molar-refractivity contribution in [1.82, 2.24) is 0 Å². The first-order chi connectivity index (χ1) is 7.77. The number of rotatable bonds is 3. The van der Waals surface area contributed by atoms with Gasteiger partial charge in [0.25, 0.3) is 0 Å². The molecule has 2 atom stereocenters. The van der Waals surface area contributed by atoms with Crippen LogP contribution in [-0.2, 0) is 10.5 Å². The smallest absolute Gasteiger partial charge is 0.0600 e. The van der Waals surface area contributed by atoms with Gasteiger partial charge in [-0.1, -0.05) is 24.3 Å². The maximum absolute atomic E-state index is 6.08. The van der Waals surface area contributed by atoms with Crippen molar-refractivity contribution in [2.24, 2.45) is 5.73 Å². The first kappa shape index (κ1) is 12.0. The number of hydrogen-bond donors (Lipinski definition) is 1. The first-order valence-electron chi connectivity index (χ1n) is 5.77. The predicted octanol–water partition coefficient (Wildman–Crippen LogP) is 2.34. The molecule has 2 nitrogen and oxygen atoms in total. The maximum atomic E-state index is 6.08. The van der Waals surface area contributed by atoms with E-state index in [2.05, 4.69) is 31.2 Å². The van der Waals surface area contributed by atoms with E-state index in [4.69, 9.17) is 10.5 Å². The lowest BCUT2D eigenvalue weighted by atomic mass is 10.1. The molecule has 0 spiro atoms. The van der Waals surface area contributed by atoms with E-state index < -0.39 is 0 Å². The Hall–Kier alpha value is -0.510. The molecule has 1 aromatic rings. The van der Waals surface area contributed by atoms with E-state index in [0.29, 0.717) is 11.3 Å². The van der Waals surface area contributed by atoms with Gasteiger partial charge in [-0.2, -0.15) is 0 Å². The molecule has 0 radical (unpaired) electrons. The van der Waals surface area contributed by atoms with Crippen molar-refractivity contribution in [3.63, 3.8) is 0 Å². The van der Waals surface area contributed by atoms with E-state index >= 15 is 0 Å². The second-order valence-electron chi connectivity index (χ2n) is 4.30. The molecule has 0 aliphatic carbocycles. The third-order valence-electron chi connectivity index (χ3n) is 3.07. The molecule has 2 unspecified atom stereocenters. The van der Waals surface area contributed by atoms with Crippen LogP contribution in [-0.4, -0.2) is 24.5 Å². The van der Waals surface area contributed by atoms with Crippen molar-refractivity contribution in [2.45, 2.75) is 30.4 Å². The van der Waals surface area contributed by atoms with Crippen molar-refractivity contribution in [3.05, 3.63) is 35.4 Å². The summed E-state index contributed by atoms with van der Waals surface area (Å²) in [5.41, 5.74) is 8.85. The highest BCUT2D eigenvalue weighted by atomic mass is 32.2. The van der Waals surface area contributed by atoms with E-state index in [-0.39, 0.29) is 0 Å². The lowest BCUT2D eigenvalue weighted by molar-refractivity contribution is 0.0916. The van der Waals surface area contributed by atoms with Crippen molar-refractivity contribution in [3.8, 4) is 0 Å². The molecule has 0 saturated carbocycles. The van der Waals surface area contributed by atoms with Gasteiger partial charge in [0.1, 0.15) is 0 Å². The standard InChI is InChI=1S/C13H19NOS/c1-10-4-2-3-5-11(10)9-16-13-8-15-7-6-12(13)14/h2-5,12-13H,6-9,14H2,1H3. The zero-order chi connectivity index (χ0) is 11.4. The average molecular weight is 237 g/mol. The zero-order valence-corrected chi connectivity index (χ0v) is 10.5. The molecule has 1 heterocycles. The minimum Gasteiger partial charge on any atom is -0.380 e. The highest BCUT2D eigenvalue weighted by molar-refractivity contribution is 7.99. The Labute approximate surface area is 102 Å². The zero-order valence-electron chi connectivity index (χ0n) is 9.69. The topological polar surface area (TPSA) is 35.2 Å². The molecule has 2 N–H and O–H groups in total. The molecule has 0 amide bonds. The molecule has 3 heteroatoms. The van der Waals surface area contributed by atoms with Crippen LogP contribution < -0.4 is 5.73 Å². The van der Waals surface area contributed by atoms with Gasteiger partial charge < -0.3 is 10.5 Å². The van der Waals surface area contributed by atoms with Crippen LogP contribution in [0.25, 0.3) is 0 Å². The number of hydrogen-bond acceptors (Lipinski definition) is 3. The maximum Gasteiger partial charge on any atom is 0.0600 e. The Balaban J connectivity index is 1.89. The first-order valence-corrected chi connectivity index (χ1v) is 6.81. The van der Waals surface area contributed by atoms with Crippen LogP contribution >= 0.6 is 11.8 Å². The number of ether oxygens (including phenoxy) is 1. The van der Waals surface area contributed by atoms with Gasteiger partial charge >= 0.3 is 0 Å². The molecule has 1 aliphatic rings. The average Bonchev–Trinajstić information content (AvgIpc) is 2.30. The van der Waals surface area contributed by atoms with Crippen LogP contribution in [0.1, 0.15) is 17.5 Å². The Morgan fingerprint density at radius 1 is 1.44 bits per heavy atom. The summed E-state index contributed by atoms with van der Waals surface area (Å²) >= 11 is 1.92. The van der Waals surface area contributed by atoms with Crippen molar-refractivity contribution in [2.75, 3.05) is 13.2 Å². The van der Waals surface area contributed by atoms with Gasteiger partial charge in [-0.15, -0.1) is 11.8 Å². The minimum atomic E-state index is 0.294. The van der Waals surface area contributed by atoms with E-state index in [9.17, 15) is 0 Å². The summed E-state index contributed by atoms with van der Waals surface area (Å²) in [5.74, 6) is 1.04. The molecular weight excluding hydrogens is 218 g/mol. The van der Waals surface area contributed by atoms with Crippen LogP contribution in [0.15, 0.2) is 24.3 Å². The summed E-state index contributed by atoms with van der Waals surface area (Å²) in [6.45, 7) is 3.79. The number of benzene rings is 1. The van der Waals surface area contributed by atoms with Gasteiger partial charge in [-0.05, 0) is 24.5 Å². The molecule has 0 aromatic heterocycles. The van der Waals surface area contributed by atoms with Crippen molar-refractivity contribution >= 4 is 11.8 Å². The lowest BCUT2D eigenvalue weighted by Gasteiger charge is -2.28. The Bertz CT molecular complexity index is 342. The quantitative estimate of drug-likeness (QED) is 0.876. The molecule has 1 saturated heterocycles. The van der Waals surface area contributed by atoms with Crippen LogP contribution in [0, 0.1) is 6.92 Å². The largest absolute Gasteiger partial charge is 0.380 e. The van der Waals surface area contributed by atoms with Gasteiger partial charge in [-0.3, -0.25) is 0 Å². The third-order valence-corrected chi connectivity index (χ3v) is 4.46. The SMILES string of the molecule is Cc1ccccc1CSC1COCCC1N. The molecule has 88 valence electrons. The number of thioether (sulfide) groups is 1. The number of nitrogens with two attached hydrogens (primary N) is 1. The second kappa shape index (κ2) is 5.71. The van der Waals surface area contributed by atoms with Crippen molar-refractivity contribution in [1.29, 1.82) is 0 Å². The fourth-order valence-corrected chi connectivity index (χ4v) is 3.16. The fraction of sp³-hybridized carbons (Fsp3) is 0.538. The molecule has 1 aliphatic heterocycles. The van der Waals surface area contributed by atoms with Crippen molar-refractivity contribution < 1.29 is 4.74 Å². The monoisotopic (exact) mass is 237 g/mol. The normalized spacial score (nSPS) is 25.6. The predicted molar refractivity (Wildman–Crippen MR) is 69.7 cm³/mol. The number of aryl methyl sites for hydroxylation is 1. The lowest BCUT2D eigenvalue weighted by Crippen LogP contribution is -2.40. The molecule has 1 fully saturated rings. The molecule has 16 heavy (non-hydrogen) atoms. The van der Waals surface area contributed by atoms with Crippen LogP contribution in [0.3, 0.4) is 0 Å². The summed E-state index contributed by atoms with van der Waals surface area (Å²) in [6, 6.07) is 8.83. The van der Waals surface area contributed by atoms with E-state index in [0.717, 1.165) is 25.4 Å². The van der Waals surface area contributed by atoms with Crippen LogP contribution in [0.2, 0.25) is 0 Å². The van der Waals surface area contributed by atoms with Gasteiger partial charge in [0.15, 0.2) is 0 Å². The Morgan fingerprint density at radius 3 is 3.00 bits per heavy atom. The second-order valence-corrected chi connectivity index (χ2v) is 5.53. The minimum absolute atomic E-state index is 0.294. The summed E-state index contributed by atoms with van der Waals surface area (Å²) in [7, 11) is 0. The van der Waals surface area contributed by atoms with Crippen LogP contribution in [0.4, 0.5) is 0 Å². The van der Waals surface area contributed by atoms with E-state index in [1.165, 1.54) is 11.1 Å². The van der Waals surface area contributed by atoms with Gasteiger partial charge in [0, 0.05) is 23.7 Å². The van der Waals surface area contributed by atoms with Gasteiger partial charge in [0.05, 0.1) is 6.61 Å². The highest BCUT2D eigenvalue weighted by Gasteiger charge is 2.22. The van der Waals surface area contributed by atoms with Gasteiger partial charge in [0.2, 0.25) is 0 Å². The Kier molecular flexibility index (Phi) is 4.27. The molecule has 0 bridgehead atoms. The summed E-state index contributed by atoms with van der Waals surface area (Å²) < 4.78 is 5.47. The van der Waals surface area contributed by atoms with E-state index in [1.54, 1.807) is 0 Å². The highest BCUT2D eigenvalue weighted by Crippen LogP contribution is 2.25. The van der Waals surface area contributed by atoms with Gasteiger partial charge in [-0.25, -0.2) is 0 Å². The molecular formula is C13H19NOS. The van der Waals surface area contributed by atoms with Crippen LogP contribution in [0.5, 0.6) is 0 Å². The summed E-state index contributed by atoms with van der Waals surface area (Å²) in [5, 5.41) is 0.452. The van der Waals surface area contributed by atoms with E-state index in [1.807, 2.05) is 11.8 Å². The molecule has 2 rings (SSSR count). The Morgan fingerprint density at radius 2 is 2.25 bits per heavy atom. The molecule has 1 aromatic carbocycles. The summed E-state index contributed by atoms with van der Waals surface area (Å²) in [6.07, 6.45) is 0.992. The summed E-state index contributed by atoms with van der Waals surface area (Å²) in [4.78, 5) is 0.